The van der Waals surface area contributed by atoms with Crippen molar-refractivity contribution in [3.8, 4) is 0 Å². The summed E-state index contributed by atoms with van der Waals surface area (Å²) >= 11 is 0. The van der Waals surface area contributed by atoms with Crippen LogP contribution in [0.4, 0.5) is 0 Å². The molecule has 0 spiro atoms. The maximum absolute atomic E-state index is 10.7. The first kappa shape index (κ1) is 15.3. The number of aliphatic hydroxyl groups is 2. The molecule has 5 heteroatoms. The van der Waals surface area contributed by atoms with Gasteiger partial charge >= 0.3 is 0 Å². The Bertz CT molecular complexity index is 834. The number of hydrogen-bond acceptors (Lipinski definition) is 3. The van der Waals surface area contributed by atoms with Crippen LogP contribution in [0.1, 0.15) is 18.1 Å². The molecule has 0 amide bonds. The molecule has 3 rings (SSSR count). The van der Waals surface area contributed by atoms with Crippen molar-refractivity contribution in [1.29, 1.82) is 0 Å². The minimum Gasteiger partial charge on any atom is -0.390 e. The quantitative estimate of drug-likeness (QED) is 0.322. The Morgan fingerprint density at radius 2 is 1.52 bits per heavy atom. The summed E-state index contributed by atoms with van der Waals surface area (Å²) in [6.45, 7) is 0.150. The maximum Gasteiger partial charge on any atom is 0.106 e. The van der Waals surface area contributed by atoms with E-state index in [1.54, 1.807) is 0 Å². The number of benzene rings is 3. The van der Waals surface area contributed by atoms with E-state index in [2.05, 4.69) is 16.1 Å². The van der Waals surface area contributed by atoms with E-state index in [0.717, 1.165) is 21.5 Å². The van der Waals surface area contributed by atoms with Gasteiger partial charge in [-0.3, -0.25) is 0 Å². The lowest BCUT2D eigenvalue weighted by molar-refractivity contribution is 0.0167. The molecule has 116 valence electrons. The van der Waals surface area contributed by atoms with E-state index in [0.29, 0.717) is 5.56 Å². The molecular weight excluding hydrogens is 290 g/mol. The van der Waals surface area contributed by atoms with Gasteiger partial charge in [0, 0.05) is 11.5 Å². The molecule has 2 unspecified atom stereocenters. The second-order valence-electron chi connectivity index (χ2n) is 5.49. The Hall–Kier alpha value is -2.59. The molecule has 0 fully saturated rings. The third-order valence-corrected chi connectivity index (χ3v) is 4.06. The van der Waals surface area contributed by atoms with Gasteiger partial charge in [0.2, 0.25) is 0 Å². The van der Waals surface area contributed by atoms with Crippen LogP contribution >= 0.6 is 0 Å². The normalized spacial score (nSPS) is 13.7. The Balaban J connectivity index is 2.14. The third-order valence-electron chi connectivity index (χ3n) is 4.06. The van der Waals surface area contributed by atoms with Crippen molar-refractivity contribution in [3.05, 3.63) is 70.6 Å². The van der Waals surface area contributed by atoms with Crippen LogP contribution in [0.2, 0.25) is 0 Å². The summed E-state index contributed by atoms with van der Waals surface area (Å²) in [4.78, 5) is 2.67. The lowest BCUT2D eigenvalue weighted by Gasteiger charge is -2.21. The summed E-state index contributed by atoms with van der Waals surface area (Å²) in [7, 11) is 0. The van der Waals surface area contributed by atoms with Crippen LogP contribution in [0.15, 0.2) is 59.7 Å². The predicted molar refractivity (Wildman–Crippen MR) is 91.1 cm³/mol. The van der Waals surface area contributed by atoms with Crippen LogP contribution in [0, 0.1) is 0 Å². The first-order valence-corrected chi connectivity index (χ1v) is 7.49. The molecular formula is C18H17N3O2. The highest BCUT2D eigenvalue weighted by molar-refractivity contribution is 6.02. The Labute approximate surface area is 133 Å². The number of azide groups is 1. The number of hydrogen-bond donors (Lipinski definition) is 2. The van der Waals surface area contributed by atoms with E-state index >= 15 is 0 Å². The zero-order valence-corrected chi connectivity index (χ0v) is 12.5. The van der Waals surface area contributed by atoms with Crippen LogP contribution in [0.5, 0.6) is 0 Å². The number of fused-ring (bicyclic) bond motifs is 2. The molecule has 0 aliphatic rings. The van der Waals surface area contributed by atoms with Gasteiger partial charge in [0.25, 0.3) is 0 Å². The molecule has 0 aliphatic carbocycles. The van der Waals surface area contributed by atoms with Gasteiger partial charge in [-0.05, 0) is 45.1 Å². The fourth-order valence-corrected chi connectivity index (χ4v) is 2.95. The highest BCUT2D eigenvalue weighted by atomic mass is 16.3. The average molecular weight is 307 g/mol. The third kappa shape index (κ3) is 2.98. The minimum absolute atomic E-state index is 0.150. The number of aliphatic hydroxyl groups excluding tert-OH is 2. The van der Waals surface area contributed by atoms with Crippen molar-refractivity contribution in [2.75, 3.05) is 6.54 Å². The zero-order valence-electron chi connectivity index (χ0n) is 12.5. The summed E-state index contributed by atoms with van der Waals surface area (Å²) in [5, 5.41) is 28.3. The predicted octanol–water partition coefficient (Wildman–Crippen LogP) is 4.09. The van der Waals surface area contributed by atoms with Gasteiger partial charge in [-0.2, -0.15) is 0 Å². The van der Waals surface area contributed by atoms with Crippen LogP contribution in [0.25, 0.3) is 32.0 Å². The first-order chi connectivity index (χ1) is 11.2. The van der Waals surface area contributed by atoms with E-state index in [-0.39, 0.29) is 13.0 Å². The van der Waals surface area contributed by atoms with E-state index in [1.165, 1.54) is 0 Å². The molecule has 23 heavy (non-hydrogen) atoms. The molecule has 0 aliphatic heterocycles. The van der Waals surface area contributed by atoms with E-state index in [4.69, 9.17) is 5.53 Å². The van der Waals surface area contributed by atoms with Crippen molar-refractivity contribution in [2.24, 2.45) is 5.11 Å². The van der Waals surface area contributed by atoms with Crippen LogP contribution in [0.3, 0.4) is 0 Å². The molecule has 0 aromatic heterocycles. The number of nitrogens with zero attached hydrogens (tertiary/aromatic N) is 3. The molecule has 2 N–H and O–H groups in total. The lowest BCUT2D eigenvalue weighted by atomic mass is 9.90. The number of rotatable bonds is 5. The van der Waals surface area contributed by atoms with Crippen molar-refractivity contribution >= 4 is 21.5 Å². The van der Waals surface area contributed by atoms with Crippen molar-refractivity contribution in [1.82, 2.24) is 0 Å². The summed E-state index contributed by atoms with van der Waals surface area (Å²) in [6, 6.07) is 17.7. The largest absolute Gasteiger partial charge is 0.390 e. The smallest absolute Gasteiger partial charge is 0.106 e. The summed E-state index contributed by atoms with van der Waals surface area (Å²) in [6.07, 6.45) is -1.82. The molecule has 0 bridgehead atoms. The van der Waals surface area contributed by atoms with Gasteiger partial charge in [0.1, 0.15) is 6.10 Å². The lowest BCUT2D eigenvalue weighted by Crippen LogP contribution is -2.19. The molecule has 3 aromatic rings. The molecule has 0 saturated carbocycles. The molecule has 5 nitrogen and oxygen atoms in total. The minimum atomic E-state index is -1.04. The van der Waals surface area contributed by atoms with Crippen molar-refractivity contribution < 1.29 is 10.2 Å². The summed E-state index contributed by atoms with van der Waals surface area (Å²) < 4.78 is 0. The van der Waals surface area contributed by atoms with Gasteiger partial charge in [0.05, 0.1) is 6.10 Å². The van der Waals surface area contributed by atoms with Crippen LogP contribution in [-0.2, 0) is 0 Å². The summed E-state index contributed by atoms with van der Waals surface area (Å²) in [5.74, 6) is 0. The van der Waals surface area contributed by atoms with Crippen LogP contribution < -0.4 is 0 Å². The van der Waals surface area contributed by atoms with E-state index < -0.39 is 12.2 Å². The fourth-order valence-electron chi connectivity index (χ4n) is 2.95. The average Bonchev–Trinajstić information content (AvgIpc) is 2.59. The second-order valence-corrected chi connectivity index (χ2v) is 5.49. The standard InChI is InChI=1S/C18H17N3O2/c19-21-20-10-9-16(22)18(23)17-14-7-3-1-5-12(14)11-13-6-2-4-8-15(13)17/h1-8,11,16,18,22-23H,9-10H2. The zero-order chi connectivity index (χ0) is 16.2. The monoisotopic (exact) mass is 307 g/mol. The molecule has 0 radical (unpaired) electrons. The Kier molecular flexibility index (Phi) is 4.44. The topological polar surface area (TPSA) is 89.2 Å². The van der Waals surface area contributed by atoms with Gasteiger partial charge < -0.3 is 10.2 Å². The fraction of sp³-hybridized carbons (Fsp3) is 0.222. The molecule has 0 heterocycles. The maximum atomic E-state index is 10.7. The summed E-state index contributed by atoms with van der Waals surface area (Å²) in [5.41, 5.74) is 9.05. The highest BCUT2D eigenvalue weighted by Crippen LogP contribution is 2.34. The van der Waals surface area contributed by atoms with Crippen molar-refractivity contribution in [3.63, 3.8) is 0 Å². The SMILES string of the molecule is [N-]=[N+]=NCCC(O)C(O)c1c2ccccc2cc2ccccc12. The van der Waals surface area contributed by atoms with Gasteiger partial charge in [0.15, 0.2) is 0 Å². The molecule has 3 aromatic carbocycles. The van der Waals surface area contributed by atoms with Crippen molar-refractivity contribution in [2.45, 2.75) is 18.6 Å². The van der Waals surface area contributed by atoms with Gasteiger partial charge in [-0.15, -0.1) is 0 Å². The van der Waals surface area contributed by atoms with E-state index in [1.807, 2.05) is 48.5 Å². The Morgan fingerprint density at radius 1 is 0.957 bits per heavy atom. The Morgan fingerprint density at radius 3 is 2.09 bits per heavy atom. The highest BCUT2D eigenvalue weighted by Gasteiger charge is 2.22. The van der Waals surface area contributed by atoms with Gasteiger partial charge in [-0.1, -0.05) is 53.6 Å². The van der Waals surface area contributed by atoms with Gasteiger partial charge in [-0.25, -0.2) is 0 Å². The first-order valence-electron chi connectivity index (χ1n) is 7.49. The molecule has 2 atom stereocenters. The van der Waals surface area contributed by atoms with Crippen LogP contribution in [-0.4, -0.2) is 22.9 Å². The van der Waals surface area contributed by atoms with E-state index in [9.17, 15) is 10.2 Å². The molecule has 0 saturated heterocycles. The second kappa shape index (κ2) is 6.67.